The molecule has 0 saturated carbocycles. The zero-order chi connectivity index (χ0) is 17.0. The lowest BCUT2D eigenvalue weighted by Gasteiger charge is -2.18. The monoisotopic (exact) mass is 358 g/mol. The van der Waals surface area contributed by atoms with Crippen LogP contribution in [0.4, 0.5) is 10.1 Å². The molecule has 2 aromatic rings. The number of benzene rings is 1. The molecule has 23 heavy (non-hydrogen) atoms. The van der Waals surface area contributed by atoms with Gasteiger partial charge in [0.25, 0.3) is 0 Å². The Hall–Kier alpha value is -2.05. The Labute approximate surface area is 142 Å². The van der Waals surface area contributed by atoms with Gasteiger partial charge in [-0.05, 0) is 5.56 Å². The molecule has 122 valence electrons. The first-order chi connectivity index (χ1) is 10.9. The fraction of sp³-hybridized carbons (Fsp3) is 0.200. The summed E-state index contributed by atoms with van der Waals surface area (Å²) in [6.07, 6.45) is -0.872. The number of anilines is 1. The molecule has 1 aromatic carbocycles. The van der Waals surface area contributed by atoms with Gasteiger partial charge in [-0.3, -0.25) is 0 Å². The van der Waals surface area contributed by atoms with Crippen molar-refractivity contribution in [3.8, 4) is 5.88 Å². The molecule has 2 rings (SSSR count). The number of esters is 1. The second kappa shape index (κ2) is 7.48. The van der Waals surface area contributed by atoms with E-state index in [1.54, 1.807) is 0 Å². The third kappa shape index (κ3) is 4.03. The molecule has 0 aliphatic heterocycles. The molecule has 2 N–H and O–H groups in total. The van der Waals surface area contributed by atoms with Crippen LogP contribution in [0.3, 0.4) is 0 Å². The summed E-state index contributed by atoms with van der Waals surface area (Å²) in [5.74, 6) is -2.01. The first-order valence-corrected chi connectivity index (χ1v) is 7.28. The highest BCUT2D eigenvalue weighted by atomic mass is 35.5. The van der Waals surface area contributed by atoms with Gasteiger partial charge in [0.2, 0.25) is 17.9 Å². The summed E-state index contributed by atoms with van der Waals surface area (Å²) in [4.78, 5) is 15.4. The Kier molecular flexibility index (Phi) is 5.63. The van der Waals surface area contributed by atoms with Crippen molar-refractivity contribution in [1.82, 2.24) is 4.98 Å². The van der Waals surface area contributed by atoms with Crippen LogP contribution in [0.2, 0.25) is 10.0 Å². The van der Waals surface area contributed by atoms with E-state index in [1.165, 1.54) is 7.11 Å². The van der Waals surface area contributed by atoms with Crippen LogP contribution < -0.4 is 10.5 Å². The van der Waals surface area contributed by atoms with E-state index < -0.39 is 23.0 Å². The first kappa shape index (κ1) is 17.3. The van der Waals surface area contributed by atoms with Crippen LogP contribution >= 0.6 is 23.2 Å². The molecule has 1 atom stereocenters. The number of pyridine rings is 1. The highest BCUT2D eigenvalue weighted by Gasteiger charge is 2.25. The van der Waals surface area contributed by atoms with Crippen LogP contribution in [-0.4, -0.2) is 24.2 Å². The highest BCUT2D eigenvalue weighted by molar-refractivity contribution is 6.39. The lowest BCUT2D eigenvalue weighted by atomic mass is 10.1. The van der Waals surface area contributed by atoms with Crippen molar-refractivity contribution in [2.75, 3.05) is 12.8 Å². The normalized spacial score (nSPS) is 11.8. The van der Waals surface area contributed by atoms with Gasteiger partial charge in [-0.25, -0.2) is 4.79 Å². The summed E-state index contributed by atoms with van der Waals surface area (Å²) in [5.41, 5.74) is 6.19. The van der Waals surface area contributed by atoms with Gasteiger partial charge in [0.15, 0.2) is 0 Å². The minimum Gasteiger partial charge on any atom is -0.466 e. The maximum absolute atomic E-state index is 13.6. The van der Waals surface area contributed by atoms with Gasteiger partial charge in [-0.15, -0.1) is 0 Å². The van der Waals surface area contributed by atoms with Crippen molar-refractivity contribution in [2.24, 2.45) is 0 Å². The standard InChI is InChI=1S/C15H13Cl2FN2O3/c1-22-15(21)9(7-8-5-3-2-4-6-8)23-14-11(17)12(19)10(16)13(18)20-14/h2-6,9H,7H2,1H3,(H2,19,20). The van der Waals surface area contributed by atoms with Gasteiger partial charge in [0.1, 0.15) is 10.0 Å². The van der Waals surface area contributed by atoms with Crippen molar-refractivity contribution in [1.29, 1.82) is 0 Å². The lowest BCUT2D eigenvalue weighted by Crippen LogP contribution is -2.31. The summed E-state index contributed by atoms with van der Waals surface area (Å²) in [5, 5.41) is -0.571. The van der Waals surface area contributed by atoms with E-state index in [1.807, 2.05) is 30.3 Å². The average molecular weight is 359 g/mol. The molecule has 0 spiro atoms. The van der Waals surface area contributed by atoms with E-state index in [-0.39, 0.29) is 23.0 Å². The van der Waals surface area contributed by atoms with Crippen molar-refractivity contribution in [3.63, 3.8) is 0 Å². The van der Waals surface area contributed by atoms with Crippen LogP contribution in [0, 0.1) is 5.95 Å². The van der Waals surface area contributed by atoms with Gasteiger partial charge >= 0.3 is 5.97 Å². The van der Waals surface area contributed by atoms with E-state index in [9.17, 15) is 9.18 Å². The zero-order valence-electron chi connectivity index (χ0n) is 12.1. The molecule has 0 amide bonds. The molecule has 5 nitrogen and oxygen atoms in total. The zero-order valence-corrected chi connectivity index (χ0v) is 13.6. The fourth-order valence-corrected chi connectivity index (χ4v) is 2.22. The van der Waals surface area contributed by atoms with Crippen molar-refractivity contribution >= 4 is 34.9 Å². The summed E-state index contributed by atoms with van der Waals surface area (Å²) < 4.78 is 23.7. The Bertz CT molecular complexity index is 714. The molecule has 8 heteroatoms. The van der Waals surface area contributed by atoms with Crippen LogP contribution in [0.25, 0.3) is 0 Å². The van der Waals surface area contributed by atoms with E-state index in [0.29, 0.717) is 0 Å². The van der Waals surface area contributed by atoms with E-state index in [0.717, 1.165) is 5.56 Å². The van der Waals surface area contributed by atoms with E-state index in [4.69, 9.17) is 38.4 Å². The van der Waals surface area contributed by atoms with Gasteiger partial charge in [0.05, 0.1) is 12.8 Å². The number of nitrogen functional groups attached to an aromatic ring is 1. The molecule has 0 radical (unpaired) electrons. The second-order valence-electron chi connectivity index (χ2n) is 4.57. The van der Waals surface area contributed by atoms with Crippen molar-refractivity contribution in [3.05, 3.63) is 51.9 Å². The number of hydrogen-bond donors (Lipinski definition) is 1. The minimum atomic E-state index is -1.06. The predicted octanol–water partition coefficient (Wildman–Crippen LogP) is 3.27. The summed E-state index contributed by atoms with van der Waals surface area (Å²) in [6, 6.07) is 9.09. The lowest BCUT2D eigenvalue weighted by molar-refractivity contribution is -0.148. The van der Waals surface area contributed by atoms with Crippen LogP contribution in [-0.2, 0) is 16.0 Å². The SMILES string of the molecule is COC(=O)C(Cc1ccccc1)Oc1nc(F)c(Cl)c(N)c1Cl. The third-order valence-corrected chi connectivity index (χ3v) is 3.75. The largest absolute Gasteiger partial charge is 0.466 e. The summed E-state index contributed by atoms with van der Waals surface area (Å²) >= 11 is 11.6. The van der Waals surface area contributed by atoms with Gasteiger partial charge in [-0.1, -0.05) is 53.5 Å². The number of nitrogens with zero attached hydrogens (tertiary/aromatic N) is 1. The van der Waals surface area contributed by atoms with Crippen molar-refractivity contribution in [2.45, 2.75) is 12.5 Å². The number of carbonyl (C=O) groups excluding carboxylic acids is 1. The Balaban J connectivity index is 2.30. The quantitative estimate of drug-likeness (QED) is 0.655. The van der Waals surface area contributed by atoms with Crippen LogP contribution in [0.5, 0.6) is 5.88 Å². The molecule has 1 heterocycles. The first-order valence-electron chi connectivity index (χ1n) is 6.52. The number of aromatic nitrogens is 1. The topological polar surface area (TPSA) is 74.4 Å². The smallest absolute Gasteiger partial charge is 0.347 e. The van der Waals surface area contributed by atoms with Crippen LogP contribution in [0.1, 0.15) is 5.56 Å². The number of rotatable bonds is 5. The molecule has 0 saturated heterocycles. The van der Waals surface area contributed by atoms with E-state index >= 15 is 0 Å². The maximum atomic E-state index is 13.6. The number of nitrogens with two attached hydrogens (primary N) is 1. The third-order valence-electron chi connectivity index (χ3n) is 3.02. The molecular formula is C15H13Cl2FN2O3. The Morgan fingerprint density at radius 2 is 1.96 bits per heavy atom. The molecule has 1 unspecified atom stereocenters. The molecule has 1 aromatic heterocycles. The van der Waals surface area contributed by atoms with Crippen molar-refractivity contribution < 1.29 is 18.7 Å². The molecule has 0 aliphatic rings. The summed E-state index contributed by atoms with van der Waals surface area (Å²) in [6.45, 7) is 0. The minimum absolute atomic E-state index is 0.168. The second-order valence-corrected chi connectivity index (χ2v) is 5.32. The van der Waals surface area contributed by atoms with Gasteiger partial charge in [-0.2, -0.15) is 9.37 Å². The van der Waals surface area contributed by atoms with Crippen LogP contribution in [0.15, 0.2) is 30.3 Å². The fourth-order valence-electron chi connectivity index (χ4n) is 1.86. The highest BCUT2D eigenvalue weighted by Crippen LogP contribution is 2.35. The number of halogens is 3. The van der Waals surface area contributed by atoms with Gasteiger partial charge < -0.3 is 15.2 Å². The number of hydrogen-bond acceptors (Lipinski definition) is 5. The van der Waals surface area contributed by atoms with Gasteiger partial charge in [0, 0.05) is 6.42 Å². The number of methoxy groups -OCH3 is 1. The summed E-state index contributed by atoms with van der Waals surface area (Å²) in [7, 11) is 1.22. The molecular weight excluding hydrogens is 346 g/mol. The van der Waals surface area contributed by atoms with E-state index in [2.05, 4.69) is 4.98 Å². The average Bonchev–Trinajstić information content (AvgIpc) is 2.57. The maximum Gasteiger partial charge on any atom is 0.347 e. The number of ether oxygens (including phenoxy) is 2. The molecule has 0 fully saturated rings. The Morgan fingerprint density at radius 1 is 1.30 bits per heavy atom. The number of carbonyl (C=O) groups is 1. The predicted molar refractivity (Wildman–Crippen MR) is 85.2 cm³/mol. The molecule has 0 aliphatic carbocycles. The molecule has 0 bridgehead atoms. The Morgan fingerprint density at radius 3 is 2.57 bits per heavy atom.